The number of carboxylic acids is 1. The molecular formula is C15H12Cl3NO4S. The van der Waals surface area contributed by atoms with Crippen LogP contribution in [0.2, 0.25) is 15.1 Å². The fraction of sp³-hybridized carbons (Fsp3) is 0.133. The van der Waals surface area contributed by atoms with Gasteiger partial charge in [0.1, 0.15) is 6.54 Å². The maximum absolute atomic E-state index is 12.9. The minimum Gasteiger partial charge on any atom is -0.480 e. The van der Waals surface area contributed by atoms with Gasteiger partial charge in [0.15, 0.2) is 0 Å². The summed E-state index contributed by atoms with van der Waals surface area (Å²) in [6.45, 7) is 0.995. The van der Waals surface area contributed by atoms with E-state index in [4.69, 9.17) is 39.9 Å². The molecule has 0 atom stereocenters. The van der Waals surface area contributed by atoms with Gasteiger partial charge in [-0.1, -0.05) is 52.5 Å². The molecule has 0 aliphatic heterocycles. The highest BCUT2D eigenvalue weighted by atomic mass is 35.5. The molecule has 0 heterocycles. The summed E-state index contributed by atoms with van der Waals surface area (Å²) in [5, 5.41) is 9.27. The molecule has 1 N–H and O–H groups in total. The summed E-state index contributed by atoms with van der Waals surface area (Å²) in [4.78, 5) is 11.1. The standard InChI is InChI=1S/C15H12Cl3NO4S/c1-9-2-4-10(5-3-9)24(22,23)19(8-15(20)21)14-7-12(17)11(16)6-13(14)18/h2-7H,8H2,1H3,(H,20,21). The van der Waals surface area contributed by atoms with E-state index in [1.807, 2.05) is 0 Å². The first-order chi connectivity index (χ1) is 11.1. The van der Waals surface area contributed by atoms with Crippen molar-refractivity contribution in [2.24, 2.45) is 0 Å². The largest absolute Gasteiger partial charge is 0.480 e. The van der Waals surface area contributed by atoms with Crippen LogP contribution in [0.5, 0.6) is 0 Å². The number of carbonyl (C=O) groups is 1. The lowest BCUT2D eigenvalue weighted by atomic mass is 10.2. The normalized spacial score (nSPS) is 11.3. The number of hydrogen-bond donors (Lipinski definition) is 1. The molecule has 0 saturated heterocycles. The van der Waals surface area contributed by atoms with Crippen molar-refractivity contribution in [3.8, 4) is 0 Å². The van der Waals surface area contributed by atoms with E-state index in [9.17, 15) is 13.2 Å². The molecule has 0 bridgehead atoms. The second-order valence-electron chi connectivity index (χ2n) is 4.94. The van der Waals surface area contributed by atoms with Crippen molar-refractivity contribution in [1.82, 2.24) is 0 Å². The zero-order valence-corrected chi connectivity index (χ0v) is 15.4. The number of halogens is 3. The van der Waals surface area contributed by atoms with Gasteiger partial charge in [0.2, 0.25) is 0 Å². The highest BCUT2D eigenvalue weighted by Gasteiger charge is 2.29. The van der Waals surface area contributed by atoms with Crippen LogP contribution in [-0.2, 0) is 14.8 Å². The molecular weight excluding hydrogens is 397 g/mol. The molecule has 5 nitrogen and oxygen atoms in total. The van der Waals surface area contributed by atoms with E-state index in [1.54, 1.807) is 19.1 Å². The van der Waals surface area contributed by atoms with Crippen molar-refractivity contribution in [3.63, 3.8) is 0 Å². The van der Waals surface area contributed by atoms with Crippen LogP contribution in [0.1, 0.15) is 5.56 Å². The summed E-state index contributed by atoms with van der Waals surface area (Å²) in [6, 6.07) is 8.50. The van der Waals surface area contributed by atoms with Gasteiger partial charge in [-0.25, -0.2) is 8.42 Å². The Morgan fingerprint density at radius 1 is 1.04 bits per heavy atom. The van der Waals surface area contributed by atoms with E-state index >= 15 is 0 Å². The lowest BCUT2D eigenvalue weighted by Gasteiger charge is -2.24. The van der Waals surface area contributed by atoms with E-state index in [-0.39, 0.29) is 25.7 Å². The van der Waals surface area contributed by atoms with Crippen molar-refractivity contribution >= 4 is 56.5 Å². The van der Waals surface area contributed by atoms with Gasteiger partial charge in [-0.05, 0) is 31.2 Å². The van der Waals surface area contributed by atoms with Gasteiger partial charge in [0.05, 0.1) is 25.7 Å². The van der Waals surface area contributed by atoms with E-state index in [0.717, 1.165) is 5.56 Å². The number of aryl methyl sites for hydroxylation is 1. The van der Waals surface area contributed by atoms with Gasteiger partial charge in [-0.3, -0.25) is 9.10 Å². The van der Waals surface area contributed by atoms with E-state index in [1.165, 1.54) is 24.3 Å². The lowest BCUT2D eigenvalue weighted by molar-refractivity contribution is -0.135. The molecule has 0 saturated carbocycles. The van der Waals surface area contributed by atoms with Crippen LogP contribution in [0.15, 0.2) is 41.3 Å². The van der Waals surface area contributed by atoms with Gasteiger partial charge < -0.3 is 5.11 Å². The van der Waals surface area contributed by atoms with Crippen molar-refractivity contribution in [1.29, 1.82) is 0 Å². The van der Waals surface area contributed by atoms with Gasteiger partial charge in [-0.2, -0.15) is 0 Å². The first kappa shape index (κ1) is 18.9. The lowest BCUT2D eigenvalue weighted by Crippen LogP contribution is -2.36. The van der Waals surface area contributed by atoms with Gasteiger partial charge in [-0.15, -0.1) is 0 Å². The predicted octanol–water partition coefficient (Wildman–Crippen LogP) is 4.24. The van der Waals surface area contributed by atoms with Crippen LogP contribution >= 0.6 is 34.8 Å². The van der Waals surface area contributed by atoms with Crippen molar-refractivity contribution < 1.29 is 18.3 Å². The van der Waals surface area contributed by atoms with E-state index < -0.39 is 22.5 Å². The number of nitrogens with zero attached hydrogens (tertiary/aromatic N) is 1. The van der Waals surface area contributed by atoms with Crippen LogP contribution in [-0.4, -0.2) is 26.0 Å². The Bertz CT molecular complexity index is 882. The van der Waals surface area contributed by atoms with Gasteiger partial charge in [0.25, 0.3) is 10.0 Å². The van der Waals surface area contributed by atoms with E-state index in [0.29, 0.717) is 4.31 Å². The summed E-state index contributed by atoms with van der Waals surface area (Å²) >= 11 is 17.8. The highest BCUT2D eigenvalue weighted by Crippen LogP contribution is 2.36. The zero-order valence-electron chi connectivity index (χ0n) is 12.3. The zero-order chi connectivity index (χ0) is 18.1. The van der Waals surface area contributed by atoms with Crippen LogP contribution in [0, 0.1) is 6.92 Å². The smallest absolute Gasteiger partial charge is 0.324 e. The Morgan fingerprint density at radius 3 is 2.12 bits per heavy atom. The Labute approximate surface area is 154 Å². The number of benzene rings is 2. The van der Waals surface area contributed by atoms with Crippen LogP contribution in [0.3, 0.4) is 0 Å². The van der Waals surface area contributed by atoms with Crippen molar-refractivity contribution in [3.05, 3.63) is 57.0 Å². The maximum Gasteiger partial charge on any atom is 0.324 e. The average Bonchev–Trinajstić information content (AvgIpc) is 2.49. The number of sulfonamides is 1. The molecule has 0 aliphatic carbocycles. The molecule has 0 unspecified atom stereocenters. The average molecular weight is 409 g/mol. The van der Waals surface area contributed by atoms with E-state index in [2.05, 4.69) is 0 Å². The number of aliphatic carboxylic acids is 1. The first-order valence-electron chi connectivity index (χ1n) is 6.58. The Hall–Kier alpha value is -1.47. The maximum atomic E-state index is 12.9. The predicted molar refractivity (Wildman–Crippen MR) is 94.8 cm³/mol. The van der Waals surface area contributed by atoms with Crippen molar-refractivity contribution in [2.45, 2.75) is 11.8 Å². The van der Waals surface area contributed by atoms with Crippen LogP contribution < -0.4 is 4.31 Å². The molecule has 0 spiro atoms. The third kappa shape index (κ3) is 3.95. The van der Waals surface area contributed by atoms with Gasteiger partial charge >= 0.3 is 5.97 Å². The summed E-state index contributed by atoms with van der Waals surface area (Å²) in [7, 11) is -4.15. The molecule has 0 fully saturated rings. The molecule has 24 heavy (non-hydrogen) atoms. The second-order valence-corrected chi connectivity index (χ2v) is 8.02. The summed E-state index contributed by atoms with van der Waals surface area (Å²) in [5.74, 6) is -1.34. The Morgan fingerprint density at radius 2 is 1.58 bits per heavy atom. The molecule has 2 rings (SSSR count). The number of rotatable bonds is 5. The minimum atomic E-state index is -4.15. The summed E-state index contributed by atoms with van der Waals surface area (Å²) < 4.78 is 26.4. The fourth-order valence-corrected chi connectivity index (χ4v) is 4.08. The molecule has 0 amide bonds. The van der Waals surface area contributed by atoms with Crippen LogP contribution in [0.25, 0.3) is 0 Å². The number of carboxylic acid groups (broad SMARTS) is 1. The first-order valence-corrected chi connectivity index (χ1v) is 9.16. The molecule has 0 aliphatic rings. The number of anilines is 1. The molecule has 2 aromatic rings. The monoisotopic (exact) mass is 407 g/mol. The SMILES string of the molecule is Cc1ccc(S(=O)(=O)N(CC(=O)O)c2cc(Cl)c(Cl)cc2Cl)cc1. The topological polar surface area (TPSA) is 74.7 Å². The Kier molecular flexibility index (Phi) is 5.65. The quantitative estimate of drug-likeness (QED) is 0.751. The molecule has 0 aromatic heterocycles. The van der Waals surface area contributed by atoms with Crippen LogP contribution in [0.4, 0.5) is 5.69 Å². The molecule has 0 radical (unpaired) electrons. The third-order valence-electron chi connectivity index (χ3n) is 3.15. The number of hydrogen-bond acceptors (Lipinski definition) is 3. The van der Waals surface area contributed by atoms with Gasteiger partial charge in [0, 0.05) is 0 Å². The molecule has 128 valence electrons. The Balaban J connectivity index is 2.63. The van der Waals surface area contributed by atoms with Crippen molar-refractivity contribution in [2.75, 3.05) is 10.8 Å². The molecule has 9 heteroatoms. The minimum absolute atomic E-state index is 0.0265. The summed E-state index contributed by atoms with van der Waals surface area (Å²) in [6.07, 6.45) is 0. The highest BCUT2D eigenvalue weighted by molar-refractivity contribution is 7.92. The third-order valence-corrected chi connectivity index (χ3v) is 5.95. The second kappa shape index (κ2) is 7.19. The summed E-state index contributed by atoms with van der Waals surface area (Å²) in [5.41, 5.74) is 0.806. The molecule has 2 aromatic carbocycles. The fourth-order valence-electron chi connectivity index (χ4n) is 1.96.